The molecule has 1 fully saturated rings. The Morgan fingerprint density at radius 3 is 2.83 bits per heavy atom. The molecule has 0 atom stereocenters. The van der Waals surface area contributed by atoms with Crippen molar-refractivity contribution in [1.29, 1.82) is 5.41 Å². The molecule has 1 saturated heterocycles. The van der Waals surface area contributed by atoms with E-state index in [1.165, 1.54) is 0 Å². The van der Waals surface area contributed by atoms with Gasteiger partial charge in [0.15, 0.2) is 11.5 Å². The standard InChI is InChI=1S/C9H13NO2/c1-7(10)3-4-9-8(2)11-5-6-12-9/h4,10H,2-3,5-6H2,1H3/b9-4+,10-7?. The van der Waals surface area contributed by atoms with Gasteiger partial charge >= 0.3 is 0 Å². The Kier molecular flexibility index (Phi) is 2.91. The summed E-state index contributed by atoms with van der Waals surface area (Å²) in [5.74, 6) is 1.25. The van der Waals surface area contributed by atoms with Crippen molar-refractivity contribution in [3.05, 3.63) is 24.2 Å². The molecule has 3 heteroatoms. The molecule has 0 aromatic heterocycles. The van der Waals surface area contributed by atoms with E-state index >= 15 is 0 Å². The van der Waals surface area contributed by atoms with E-state index in [4.69, 9.17) is 14.9 Å². The second-order valence-electron chi connectivity index (χ2n) is 2.67. The molecule has 0 aromatic rings. The van der Waals surface area contributed by atoms with Crippen LogP contribution in [0.3, 0.4) is 0 Å². The van der Waals surface area contributed by atoms with Crippen LogP contribution in [-0.4, -0.2) is 18.9 Å². The molecule has 0 aromatic carbocycles. The Labute approximate surface area is 72.2 Å². The average molecular weight is 167 g/mol. The zero-order valence-electron chi connectivity index (χ0n) is 7.22. The molecule has 0 saturated carbocycles. The summed E-state index contributed by atoms with van der Waals surface area (Å²) in [7, 11) is 0. The van der Waals surface area contributed by atoms with E-state index in [0.717, 1.165) is 0 Å². The van der Waals surface area contributed by atoms with Crippen LogP contribution in [0.15, 0.2) is 24.2 Å². The first-order valence-corrected chi connectivity index (χ1v) is 3.89. The quantitative estimate of drug-likeness (QED) is 0.638. The second kappa shape index (κ2) is 3.95. The number of nitrogens with one attached hydrogen (secondary N) is 1. The zero-order valence-corrected chi connectivity index (χ0v) is 7.22. The van der Waals surface area contributed by atoms with Crippen LogP contribution in [0.4, 0.5) is 0 Å². The molecule has 0 bridgehead atoms. The van der Waals surface area contributed by atoms with Crippen molar-refractivity contribution in [3.63, 3.8) is 0 Å². The van der Waals surface area contributed by atoms with Crippen molar-refractivity contribution in [2.45, 2.75) is 13.3 Å². The first kappa shape index (κ1) is 8.84. The van der Waals surface area contributed by atoms with E-state index in [1.807, 2.05) is 6.08 Å². The number of ether oxygens (including phenoxy) is 2. The monoisotopic (exact) mass is 167 g/mol. The van der Waals surface area contributed by atoms with Gasteiger partial charge in [-0.1, -0.05) is 6.58 Å². The van der Waals surface area contributed by atoms with E-state index in [2.05, 4.69) is 6.58 Å². The summed E-state index contributed by atoms with van der Waals surface area (Å²) in [6, 6.07) is 0. The molecule has 1 aliphatic heterocycles. The highest BCUT2D eigenvalue weighted by atomic mass is 16.6. The van der Waals surface area contributed by atoms with Crippen molar-refractivity contribution in [3.8, 4) is 0 Å². The minimum Gasteiger partial charge on any atom is -0.487 e. The zero-order chi connectivity index (χ0) is 8.97. The summed E-state index contributed by atoms with van der Waals surface area (Å²) in [6.07, 6.45) is 2.42. The molecule has 1 aliphatic rings. The minimum atomic E-state index is 0.569. The summed E-state index contributed by atoms with van der Waals surface area (Å²) in [6.45, 7) is 6.58. The van der Waals surface area contributed by atoms with Gasteiger partial charge in [-0.2, -0.15) is 0 Å². The molecule has 0 unspecified atom stereocenters. The summed E-state index contributed by atoms with van der Waals surface area (Å²) >= 11 is 0. The molecule has 1 rings (SSSR count). The molecule has 66 valence electrons. The van der Waals surface area contributed by atoms with Crippen molar-refractivity contribution in [2.24, 2.45) is 0 Å². The van der Waals surface area contributed by atoms with Gasteiger partial charge in [-0.15, -0.1) is 0 Å². The fourth-order valence-electron chi connectivity index (χ4n) is 0.887. The predicted molar refractivity (Wildman–Crippen MR) is 47.1 cm³/mol. The van der Waals surface area contributed by atoms with Crippen LogP contribution in [0.1, 0.15) is 13.3 Å². The maximum absolute atomic E-state index is 7.21. The SMILES string of the molecule is C=C1OCCO/C1=C/CC(C)=N. The lowest BCUT2D eigenvalue weighted by Crippen LogP contribution is -2.13. The van der Waals surface area contributed by atoms with Gasteiger partial charge in [0.2, 0.25) is 0 Å². The van der Waals surface area contributed by atoms with Crippen LogP contribution in [0, 0.1) is 5.41 Å². The fraction of sp³-hybridized carbons (Fsp3) is 0.444. The Hall–Kier alpha value is -1.25. The normalized spacial score (nSPS) is 20.1. The molecule has 0 aliphatic carbocycles. The smallest absolute Gasteiger partial charge is 0.157 e. The molecule has 0 radical (unpaired) electrons. The van der Waals surface area contributed by atoms with Crippen LogP contribution in [-0.2, 0) is 9.47 Å². The third kappa shape index (κ3) is 2.42. The lowest BCUT2D eigenvalue weighted by Gasteiger charge is -2.19. The average Bonchev–Trinajstić information content (AvgIpc) is 2.03. The Bertz CT molecular complexity index is 231. The van der Waals surface area contributed by atoms with Gasteiger partial charge < -0.3 is 14.9 Å². The number of hydrogen-bond donors (Lipinski definition) is 1. The van der Waals surface area contributed by atoms with Crippen LogP contribution in [0.5, 0.6) is 0 Å². The lowest BCUT2D eigenvalue weighted by molar-refractivity contribution is 0.0601. The van der Waals surface area contributed by atoms with E-state index in [1.54, 1.807) is 6.92 Å². The molecule has 1 heterocycles. The predicted octanol–water partition coefficient (Wildman–Crippen LogP) is 1.86. The van der Waals surface area contributed by atoms with Crippen molar-refractivity contribution >= 4 is 5.71 Å². The number of rotatable bonds is 2. The van der Waals surface area contributed by atoms with Crippen LogP contribution >= 0.6 is 0 Å². The molecular formula is C9H13NO2. The summed E-state index contributed by atoms with van der Waals surface area (Å²) in [5, 5.41) is 7.21. The lowest BCUT2D eigenvalue weighted by atomic mass is 10.2. The van der Waals surface area contributed by atoms with Crippen molar-refractivity contribution < 1.29 is 9.47 Å². The molecule has 12 heavy (non-hydrogen) atoms. The first-order chi connectivity index (χ1) is 5.70. The Morgan fingerprint density at radius 1 is 1.58 bits per heavy atom. The van der Waals surface area contributed by atoms with Gasteiger partial charge in [0.1, 0.15) is 13.2 Å². The van der Waals surface area contributed by atoms with Crippen LogP contribution < -0.4 is 0 Å². The minimum absolute atomic E-state index is 0.569. The Balaban J connectivity index is 2.53. The molecular weight excluding hydrogens is 154 g/mol. The largest absolute Gasteiger partial charge is 0.487 e. The molecule has 3 nitrogen and oxygen atoms in total. The van der Waals surface area contributed by atoms with Crippen molar-refractivity contribution in [1.82, 2.24) is 0 Å². The summed E-state index contributed by atoms with van der Waals surface area (Å²) < 4.78 is 10.4. The van der Waals surface area contributed by atoms with Crippen LogP contribution in [0.25, 0.3) is 0 Å². The van der Waals surface area contributed by atoms with Gasteiger partial charge in [0.25, 0.3) is 0 Å². The third-order valence-electron chi connectivity index (χ3n) is 1.49. The highest BCUT2D eigenvalue weighted by Crippen LogP contribution is 2.16. The van der Waals surface area contributed by atoms with Gasteiger partial charge in [-0.05, 0) is 13.0 Å². The van der Waals surface area contributed by atoms with E-state index in [0.29, 0.717) is 36.9 Å². The first-order valence-electron chi connectivity index (χ1n) is 3.89. The Morgan fingerprint density at radius 2 is 2.25 bits per heavy atom. The topological polar surface area (TPSA) is 42.3 Å². The van der Waals surface area contributed by atoms with Gasteiger partial charge in [0, 0.05) is 12.1 Å². The summed E-state index contributed by atoms with van der Waals surface area (Å²) in [5.41, 5.74) is 0.601. The van der Waals surface area contributed by atoms with E-state index in [9.17, 15) is 0 Å². The van der Waals surface area contributed by atoms with Gasteiger partial charge in [0.05, 0.1) is 0 Å². The fourth-order valence-corrected chi connectivity index (χ4v) is 0.887. The van der Waals surface area contributed by atoms with E-state index in [-0.39, 0.29) is 0 Å². The highest BCUT2D eigenvalue weighted by Gasteiger charge is 2.10. The second-order valence-corrected chi connectivity index (χ2v) is 2.67. The van der Waals surface area contributed by atoms with Gasteiger partial charge in [-0.25, -0.2) is 0 Å². The number of hydrogen-bond acceptors (Lipinski definition) is 3. The molecule has 0 spiro atoms. The van der Waals surface area contributed by atoms with Crippen LogP contribution in [0.2, 0.25) is 0 Å². The summed E-state index contributed by atoms with van der Waals surface area (Å²) in [4.78, 5) is 0. The number of allylic oxidation sites excluding steroid dienone is 1. The molecule has 0 amide bonds. The molecule has 1 N–H and O–H groups in total. The van der Waals surface area contributed by atoms with Gasteiger partial charge in [-0.3, -0.25) is 0 Å². The maximum atomic E-state index is 7.21. The van der Waals surface area contributed by atoms with Crippen molar-refractivity contribution in [2.75, 3.05) is 13.2 Å². The maximum Gasteiger partial charge on any atom is 0.157 e. The van der Waals surface area contributed by atoms with E-state index < -0.39 is 0 Å². The highest BCUT2D eigenvalue weighted by molar-refractivity contribution is 5.80. The third-order valence-corrected chi connectivity index (χ3v) is 1.49.